The van der Waals surface area contributed by atoms with Crippen molar-refractivity contribution in [3.05, 3.63) is 54.1 Å². The number of hydrogen-bond acceptors (Lipinski definition) is 3. The molecule has 2 aromatic carbocycles. The molecule has 25 heavy (non-hydrogen) atoms. The Bertz CT molecular complexity index is 667. The van der Waals surface area contributed by atoms with Crippen molar-refractivity contribution in [1.82, 2.24) is 5.32 Å². The molecule has 5 nitrogen and oxygen atoms in total. The van der Waals surface area contributed by atoms with Crippen molar-refractivity contribution in [2.45, 2.75) is 39.3 Å². The molecule has 0 unspecified atom stereocenters. The number of anilines is 1. The van der Waals surface area contributed by atoms with Crippen molar-refractivity contribution in [3.63, 3.8) is 0 Å². The Balaban J connectivity index is 1.97. The third-order valence-electron chi connectivity index (χ3n) is 3.93. The predicted molar refractivity (Wildman–Crippen MR) is 100 cm³/mol. The molecule has 0 atom stereocenters. The smallest absolute Gasteiger partial charge is 0.319 e. The average Bonchev–Trinajstić information content (AvgIpc) is 2.63. The van der Waals surface area contributed by atoms with Crippen LogP contribution in [-0.2, 0) is 11.3 Å². The highest BCUT2D eigenvalue weighted by Crippen LogP contribution is 2.26. The summed E-state index contributed by atoms with van der Waals surface area (Å²) in [5.41, 5.74) is 1.71. The molecule has 0 radical (unpaired) electrons. The largest absolute Gasteiger partial charge is 0.457 e. The molecule has 2 amide bonds. The van der Waals surface area contributed by atoms with Gasteiger partial charge in [0.1, 0.15) is 11.5 Å². The number of rotatable bonds is 8. The van der Waals surface area contributed by atoms with E-state index in [1.807, 2.05) is 48.5 Å². The molecular formula is C20H26N2O3. The highest BCUT2D eigenvalue weighted by molar-refractivity contribution is 5.89. The van der Waals surface area contributed by atoms with Gasteiger partial charge >= 0.3 is 6.03 Å². The van der Waals surface area contributed by atoms with E-state index in [1.165, 1.54) is 0 Å². The summed E-state index contributed by atoms with van der Waals surface area (Å²) in [6, 6.07) is 15.1. The lowest BCUT2D eigenvalue weighted by Crippen LogP contribution is -2.37. The van der Waals surface area contributed by atoms with E-state index in [0.29, 0.717) is 12.4 Å². The molecular weight excluding hydrogens is 316 g/mol. The number of carbonyl (C=O) groups is 1. The number of carbonyl (C=O) groups excluding carboxylic acids is 1. The van der Waals surface area contributed by atoms with Gasteiger partial charge in [0.05, 0.1) is 6.61 Å². The van der Waals surface area contributed by atoms with Gasteiger partial charge in [-0.05, 0) is 43.2 Å². The van der Waals surface area contributed by atoms with E-state index in [1.54, 1.807) is 7.11 Å². The Labute approximate surface area is 149 Å². The number of methoxy groups -OCH3 is 1. The van der Waals surface area contributed by atoms with E-state index < -0.39 is 0 Å². The number of hydrogen-bond donors (Lipinski definition) is 2. The van der Waals surface area contributed by atoms with Gasteiger partial charge < -0.3 is 20.1 Å². The van der Waals surface area contributed by atoms with Crippen molar-refractivity contribution in [2.75, 3.05) is 12.4 Å². The Morgan fingerprint density at radius 1 is 1.04 bits per heavy atom. The van der Waals surface area contributed by atoms with Crippen LogP contribution in [0, 0.1) is 0 Å². The first-order valence-electron chi connectivity index (χ1n) is 8.58. The molecule has 134 valence electrons. The van der Waals surface area contributed by atoms with Crippen LogP contribution in [0.5, 0.6) is 11.5 Å². The lowest BCUT2D eigenvalue weighted by atomic mass is 10.2. The number of para-hydroxylation sites is 1. The van der Waals surface area contributed by atoms with Crippen LogP contribution < -0.4 is 15.4 Å². The first-order chi connectivity index (χ1) is 12.2. The monoisotopic (exact) mass is 342 g/mol. The van der Waals surface area contributed by atoms with E-state index in [-0.39, 0.29) is 12.1 Å². The van der Waals surface area contributed by atoms with Crippen molar-refractivity contribution in [3.8, 4) is 11.5 Å². The molecule has 0 saturated carbocycles. The maximum Gasteiger partial charge on any atom is 0.319 e. The minimum atomic E-state index is -0.187. The molecule has 0 fully saturated rings. The van der Waals surface area contributed by atoms with E-state index in [2.05, 4.69) is 24.5 Å². The van der Waals surface area contributed by atoms with Crippen molar-refractivity contribution in [2.24, 2.45) is 0 Å². The first-order valence-corrected chi connectivity index (χ1v) is 8.58. The van der Waals surface area contributed by atoms with Gasteiger partial charge in [0, 0.05) is 24.4 Å². The van der Waals surface area contributed by atoms with Crippen LogP contribution in [0.2, 0.25) is 0 Å². The Morgan fingerprint density at radius 2 is 1.72 bits per heavy atom. The summed E-state index contributed by atoms with van der Waals surface area (Å²) in [6.07, 6.45) is 1.83. The van der Waals surface area contributed by atoms with Crippen LogP contribution >= 0.6 is 0 Å². The zero-order chi connectivity index (χ0) is 18.1. The second-order valence-corrected chi connectivity index (χ2v) is 5.78. The van der Waals surface area contributed by atoms with Gasteiger partial charge in [0.15, 0.2) is 0 Å². The maximum absolute atomic E-state index is 12.0. The number of nitrogens with one attached hydrogen (secondary N) is 2. The van der Waals surface area contributed by atoms with Gasteiger partial charge in [-0.3, -0.25) is 0 Å². The fraction of sp³-hybridized carbons (Fsp3) is 0.350. The Hall–Kier alpha value is -2.53. The normalized spacial score (nSPS) is 10.6. The fourth-order valence-corrected chi connectivity index (χ4v) is 2.46. The standard InChI is InChI=1S/C20H26N2O3/c1-4-16(5-2)21-20(23)22-17-10-12-18(13-11-17)25-19-9-7-6-8-15(19)14-24-3/h6-13,16H,4-5,14H2,1-3H3,(H2,21,22,23). The molecule has 0 aliphatic carbocycles. The SMILES string of the molecule is CCC(CC)NC(=O)Nc1ccc(Oc2ccccc2COC)cc1. The molecule has 2 aromatic rings. The topological polar surface area (TPSA) is 59.6 Å². The predicted octanol–water partition coefficient (Wildman–Crippen LogP) is 4.94. The van der Waals surface area contributed by atoms with E-state index in [9.17, 15) is 4.79 Å². The fourth-order valence-electron chi connectivity index (χ4n) is 2.46. The lowest BCUT2D eigenvalue weighted by Gasteiger charge is -2.15. The molecule has 0 spiro atoms. The average molecular weight is 342 g/mol. The molecule has 0 aromatic heterocycles. The first kappa shape index (κ1) is 18.8. The van der Waals surface area contributed by atoms with E-state index in [4.69, 9.17) is 9.47 Å². The van der Waals surface area contributed by atoms with Crippen LogP contribution in [-0.4, -0.2) is 19.2 Å². The lowest BCUT2D eigenvalue weighted by molar-refractivity contribution is 0.182. The van der Waals surface area contributed by atoms with Crippen LogP contribution in [0.1, 0.15) is 32.3 Å². The maximum atomic E-state index is 12.0. The highest BCUT2D eigenvalue weighted by Gasteiger charge is 2.09. The Morgan fingerprint density at radius 3 is 2.36 bits per heavy atom. The summed E-state index contributed by atoms with van der Waals surface area (Å²) >= 11 is 0. The third kappa shape index (κ3) is 5.80. The summed E-state index contributed by atoms with van der Waals surface area (Å²) in [6.45, 7) is 4.61. The van der Waals surface area contributed by atoms with Crippen molar-refractivity contribution < 1.29 is 14.3 Å². The quantitative estimate of drug-likeness (QED) is 0.714. The third-order valence-corrected chi connectivity index (χ3v) is 3.93. The minimum absolute atomic E-state index is 0.187. The second-order valence-electron chi connectivity index (χ2n) is 5.78. The Kier molecular flexibility index (Phi) is 7.29. The summed E-state index contributed by atoms with van der Waals surface area (Å²) < 4.78 is 11.1. The summed E-state index contributed by atoms with van der Waals surface area (Å²) in [4.78, 5) is 12.0. The molecule has 0 bridgehead atoms. The van der Waals surface area contributed by atoms with Gasteiger partial charge in [-0.15, -0.1) is 0 Å². The zero-order valence-electron chi connectivity index (χ0n) is 15.0. The van der Waals surface area contributed by atoms with Crippen LogP contribution in [0.15, 0.2) is 48.5 Å². The molecule has 0 aliphatic rings. The molecule has 2 N–H and O–H groups in total. The number of amides is 2. The van der Waals surface area contributed by atoms with Gasteiger partial charge in [0.25, 0.3) is 0 Å². The van der Waals surface area contributed by atoms with E-state index >= 15 is 0 Å². The summed E-state index contributed by atoms with van der Waals surface area (Å²) in [5, 5.41) is 5.78. The second kappa shape index (κ2) is 9.69. The summed E-state index contributed by atoms with van der Waals surface area (Å²) in [5.74, 6) is 1.46. The molecule has 0 saturated heterocycles. The molecule has 0 heterocycles. The van der Waals surface area contributed by atoms with Gasteiger partial charge in [-0.1, -0.05) is 32.0 Å². The zero-order valence-corrected chi connectivity index (χ0v) is 15.0. The molecule has 2 rings (SSSR count). The number of benzene rings is 2. The molecule has 0 aliphatic heterocycles. The highest BCUT2D eigenvalue weighted by atomic mass is 16.5. The molecule has 5 heteroatoms. The van der Waals surface area contributed by atoms with Crippen molar-refractivity contribution in [1.29, 1.82) is 0 Å². The summed E-state index contributed by atoms with van der Waals surface area (Å²) in [7, 11) is 1.66. The van der Waals surface area contributed by atoms with Gasteiger partial charge in [-0.25, -0.2) is 4.79 Å². The van der Waals surface area contributed by atoms with Crippen molar-refractivity contribution >= 4 is 11.7 Å². The van der Waals surface area contributed by atoms with Crippen LogP contribution in [0.25, 0.3) is 0 Å². The number of ether oxygens (including phenoxy) is 2. The van der Waals surface area contributed by atoms with Gasteiger partial charge in [0.2, 0.25) is 0 Å². The van der Waals surface area contributed by atoms with Crippen LogP contribution in [0.4, 0.5) is 10.5 Å². The number of urea groups is 1. The minimum Gasteiger partial charge on any atom is -0.457 e. The van der Waals surface area contributed by atoms with Gasteiger partial charge in [-0.2, -0.15) is 0 Å². The van der Waals surface area contributed by atoms with Crippen LogP contribution in [0.3, 0.4) is 0 Å². The van der Waals surface area contributed by atoms with E-state index in [0.717, 1.165) is 29.8 Å².